The van der Waals surface area contributed by atoms with E-state index in [1.807, 2.05) is 54.6 Å². The number of carbonyl (C=O) groups is 3. The van der Waals surface area contributed by atoms with Crippen LogP contribution in [0.25, 0.3) is 22.4 Å². The van der Waals surface area contributed by atoms with E-state index in [4.69, 9.17) is 14.2 Å². The average Bonchev–Trinajstić information content (AvgIpc) is 3.11. The van der Waals surface area contributed by atoms with Crippen LogP contribution in [-0.4, -0.2) is 43.8 Å². The van der Waals surface area contributed by atoms with Crippen molar-refractivity contribution in [3.63, 3.8) is 0 Å². The third-order valence-corrected chi connectivity index (χ3v) is 4.82. The van der Waals surface area contributed by atoms with Gasteiger partial charge in [-0.25, -0.2) is 14.4 Å². The van der Waals surface area contributed by atoms with Gasteiger partial charge >= 0.3 is 17.9 Å². The fourth-order valence-corrected chi connectivity index (χ4v) is 3.41. The Kier molecular flexibility index (Phi) is 6.01. The molecule has 7 heteroatoms. The lowest BCUT2D eigenvalue weighted by Gasteiger charge is -2.09. The standard InChI is InChI=1S/C23H21NO6/c1-24-19(16-12-10-15(11-13-16)14-8-6-5-7-9-14)17(21(25)28-2)18(22(26)29-3)20(24)23(27)30-4/h5-13H,1-4H3. The Hall–Kier alpha value is -3.87. The van der Waals surface area contributed by atoms with Crippen LogP contribution in [0.5, 0.6) is 0 Å². The number of esters is 3. The summed E-state index contributed by atoms with van der Waals surface area (Å²) in [5.41, 5.74) is 2.65. The lowest BCUT2D eigenvalue weighted by molar-refractivity contribution is 0.0535. The second kappa shape index (κ2) is 8.65. The molecule has 0 saturated heterocycles. The minimum Gasteiger partial charge on any atom is -0.465 e. The van der Waals surface area contributed by atoms with Crippen LogP contribution >= 0.6 is 0 Å². The first-order chi connectivity index (χ1) is 14.4. The Labute approximate surface area is 173 Å². The number of carbonyl (C=O) groups excluding carboxylic acids is 3. The number of nitrogens with zero attached hydrogens (tertiary/aromatic N) is 1. The summed E-state index contributed by atoms with van der Waals surface area (Å²) >= 11 is 0. The van der Waals surface area contributed by atoms with E-state index in [1.165, 1.54) is 25.9 Å². The highest BCUT2D eigenvalue weighted by Gasteiger charge is 2.35. The minimum absolute atomic E-state index is 0.0558. The number of rotatable bonds is 5. The second-order valence-electron chi connectivity index (χ2n) is 6.42. The molecule has 0 amide bonds. The van der Waals surface area contributed by atoms with E-state index in [0.29, 0.717) is 11.3 Å². The second-order valence-corrected chi connectivity index (χ2v) is 6.42. The molecule has 7 nitrogen and oxygen atoms in total. The molecule has 2 aromatic carbocycles. The quantitative estimate of drug-likeness (QED) is 0.473. The molecule has 0 fully saturated rings. The minimum atomic E-state index is -0.835. The van der Waals surface area contributed by atoms with Gasteiger partial charge in [-0.2, -0.15) is 0 Å². The van der Waals surface area contributed by atoms with Crippen LogP contribution in [0.1, 0.15) is 31.2 Å². The lowest BCUT2D eigenvalue weighted by atomic mass is 10.00. The van der Waals surface area contributed by atoms with E-state index in [9.17, 15) is 14.4 Å². The number of hydrogen-bond donors (Lipinski definition) is 0. The Morgan fingerprint density at radius 3 is 1.63 bits per heavy atom. The van der Waals surface area contributed by atoms with Gasteiger partial charge in [0, 0.05) is 7.05 Å². The molecule has 154 valence electrons. The Morgan fingerprint density at radius 2 is 1.10 bits per heavy atom. The first-order valence-corrected chi connectivity index (χ1v) is 9.08. The molecule has 1 aromatic heterocycles. The molecular formula is C23H21NO6. The fourth-order valence-electron chi connectivity index (χ4n) is 3.41. The number of aromatic nitrogens is 1. The molecule has 3 aromatic rings. The first-order valence-electron chi connectivity index (χ1n) is 9.08. The van der Waals surface area contributed by atoms with Crippen molar-refractivity contribution >= 4 is 17.9 Å². The van der Waals surface area contributed by atoms with Crippen LogP contribution in [0.15, 0.2) is 54.6 Å². The van der Waals surface area contributed by atoms with Crippen molar-refractivity contribution in [2.24, 2.45) is 7.05 Å². The largest absolute Gasteiger partial charge is 0.465 e. The van der Waals surface area contributed by atoms with Gasteiger partial charge in [-0.3, -0.25) is 0 Å². The van der Waals surface area contributed by atoms with Gasteiger partial charge in [0.1, 0.15) is 16.8 Å². The molecule has 0 bridgehead atoms. The highest BCUT2D eigenvalue weighted by atomic mass is 16.5. The van der Waals surface area contributed by atoms with Crippen molar-refractivity contribution in [1.82, 2.24) is 4.57 Å². The third-order valence-electron chi connectivity index (χ3n) is 4.82. The van der Waals surface area contributed by atoms with Gasteiger partial charge in [0.25, 0.3) is 0 Å². The maximum atomic E-state index is 12.6. The van der Waals surface area contributed by atoms with E-state index >= 15 is 0 Å². The summed E-state index contributed by atoms with van der Waals surface area (Å²) in [4.78, 5) is 37.5. The van der Waals surface area contributed by atoms with Crippen molar-refractivity contribution in [3.8, 4) is 22.4 Å². The average molecular weight is 407 g/mol. The van der Waals surface area contributed by atoms with Crippen molar-refractivity contribution in [3.05, 3.63) is 71.4 Å². The van der Waals surface area contributed by atoms with Crippen molar-refractivity contribution in [2.75, 3.05) is 21.3 Å². The molecule has 0 atom stereocenters. The predicted octanol–water partition coefficient (Wildman–Crippen LogP) is 3.72. The first kappa shape index (κ1) is 20.9. The van der Waals surface area contributed by atoms with Gasteiger partial charge in [0.05, 0.1) is 27.0 Å². The zero-order valence-corrected chi connectivity index (χ0v) is 17.1. The Bertz CT molecular complexity index is 1100. The van der Waals surface area contributed by atoms with Gasteiger partial charge in [-0.1, -0.05) is 54.6 Å². The smallest absolute Gasteiger partial charge is 0.355 e. The molecule has 3 rings (SSSR count). The van der Waals surface area contributed by atoms with E-state index in [1.54, 1.807) is 7.05 Å². The topological polar surface area (TPSA) is 83.8 Å². The maximum Gasteiger partial charge on any atom is 0.355 e. The number of benzene rings is 2. The maximum absolute atomic E-state index is 12.6. The van der Waals surface area contributed by atoms with Crippen molar-refractivity contribution in [2.45, 2.75) is 0 Å². The summed E-state index contributed by atoms with van der Waals surface area (Å²) in [5, 5.41) is 0. The molecule has 0 aliphatic carbocycles. The molecule has 30 heavy (non-hydrogen) atoms. The molecule has 0 N–H and O–H groups in total. The van der Waals surface area contributed by atoms with Crippen LogP contribution in [0.2, 0.25) is 0 Å². The Morgan fingerprint density at radius 1 is 0.633 bits per heavy atom. The normalized spacial score (nSPS) is 10.4. The molecule has 0 spiro atoms. The summed E-state index contributed by atoms with van der Waals surface area (Å²) in [6.45, 7) is 0. The molecule has 0 unspecified atom stereocenters. The number of ether oxygens (including phenoxy) is 3. The summed E-state index contributed by atoms with van der Waals surface area (Å²) in [6.07, 6.45) is 0. The van der Waals surface area contributed by atoms with Gasteiger partial charge in [-0.15, -0.1) is 0 Å². The molecular weight excluding hydrogens is 386 g/mol. The van der Waals surface area contributed by atoms with Crippen LogP contribution in [-0.2, 0) is 21.3 Å². The number of hydrogen-bond acceptors (Lipinski definition) is 6. The van der Waals surface area contributed by atoms with Gasteiger partial charge < -0.3 is 18.8 Å². The molecule has 0 aliphatic rings. The molecule has 0 aliphatic heterocycles. The van der Waals surface area contributed by atoms with Gasteiger partial charge in [0.15, 0.2) is 0 Å². The Balaban J connectivity index is 2.26. The van der Waals surface area contributed by atoms with Gasteiger partial charge in [0.2, 0.25) is 0 Å². The lowest BCUT2D eigenvalue weighted by Crippen LogP contribution is -2.16. The highest BCUT2D eigenvalue weighted by Crippen LogP contribution is 2.34. The van der Waals surface area contributed by atoms with Gasteiger partial charge in [-0.05, 0) is 16.7 Å². The zero-order valence-electron chi connectivity index (χ0n) is 17.1. The summed E-state index contributed by atoms with van der Waals surface area (Å²) in [6, 6.07) is 17.2. The van der Waals surface area contributed by atoms with Crippen LogP contribution in [0.4, 0.5) is 0 Å². The highest BCUT2D eigenvalue weighted by molar-refractivity contribution is 6.13. The summed E-state index contributed by atoms with van der Waals surface area (Å²) in [5.74, 6) is -2.36. The molecule has 1 heterocycles. The fraction of sp³-hybridized carbons (Fsp3) is 0.174. The SMILES string of the molecule is COC(=O)c1c(C(=O)OC)c(-c2ccc(-c3ccccc3)cc2)n(C)c1C(=O)OC. The monoisotopic (exact) mass is 407 g/mol. The summed E-state index contributed by atoms with van der Waals surface area (Å²) < 4.78 is 16.0. The summed E-state index contributed by atoms with van der Waals surface area (Å²) in [7, 11) is 5.15. The van der Waals surface area contributed by atoms with E-state index in [2.05, 4.69) is 0 Å². The van der Waals surface area contributed by atoms with Crippen molar-refractivity contribution < 1.29 is 28.6 Å². The van der Waals surface area contributed by atoms with Crippen LogP contribution < -0.4 is 0 Å². The predicted molar refractivity (Wildman–Crippen MR) is 110 cm³/mol. The third kappa shape index (κ3) is 3.57. The van der Waals surface area contributed by atoms with Crippen molar-refractivity contribution in [1.29, 1.82) is 0 Å². The molecule has 0 radical (unpaired) electrons. The zero-order chi connectivity index (χ0) is 21.8. The molecule has 0 saturated carbocycles. The van der Waals surface area contributed by atoms with E-state index in [-0.39, 0.29) is 16.8 Å². The van der Waals surface area contributed by atoms with E-state index < -0.39 is 17.9 Å². The van der Waals surface area contributed by atoms with Crippen LogP contribution in [0.3, 0.4) is 0 Å². The number of methoxy groups -OCH3 is 3. The van der Waals surface area contributed by atoms with Crippen LogP contribution in [0, 0.1) is 0 Å². The van der Waals surface area contributed by atoms with E-state index in [0.717, 1.165) is 11.1 Å².